The summed E-state index contributed by atoms with van der Waals surface area (Å²) < 4.78 is 53.1. The molecule has 0 atom stereocenters. The molecule has 1 aromatic heterocycles. The summed E-state index contributed by atoms with van der Waals surface area (Å²) in [6.07, 6.45) is 0. The molecule has 112 valence electrons. The molecular formula is C13H10F4N2OS. The normalized spacial score (nSPS) is 10.5. The molecule has 2 rings (SSSR count). The Kier molecular flexibility index (Phi) is 4.46. The lowest BCUT2D eigenvalue weighted by molar-refractivity contribution is -0.114. The highest BCUT2D eigenvalue weighted by Crippen LogP contribution is 2.27. The first kappa shape index (κ1) is 15.3. The third kappa shape index (κ3) is 3.33. The minimum absolute atomic E-state index is 0.0932. The number of carbonyl (C=O) groups excluding carboxylic acids is 1. The van der Waals surface area contributed by atoms with Crippen LogP contribution in [0, 0.1) is 23.3 Å². The van der Waals surface area contributed by atoms with Crippen molar-refractivity contribution in [2.75, 3.05) is 10.6 Å². The van der Waals surface area contributed by atoms with Gasteiger partial charge in [0.25, 0.3) is 0 Å². The molecule has 0 spiro atoms. The molecule has 0 unspecified atom stereocenters. The lowest BCUT2D eigenvalue weighted by atomic mass is 10.2. The van der Waals surface area contributed by atoms with Crippen LogP contribution in [0.5, 0.6) is 0 Å². The van der Waals surface area contributed by atoms with Crippen molar-refractivity contribution in [1.82, 2.24) is 0 Å². The van der Waals surface area contributed by atoms with Crippen LogP contribution < -0.4 is 10.6 Å². The maximum atomic E-state index is 13.5. The van der Waals surface area contributed by atoms with E-state index in [2.05, 4.69) is 10.6 Å². The zero-order chi connectivity index (χ0) is 15.6. The molecule has 0 aliphatic heterocycles. The highest BCUT2D eigenvalue weighted by molar-refractivity contribution is 7.10. The number of nitrogens with one attached hydrogen (secondary N) is 2. The van der Waals surface area contributed by atoms with E-state index in [9.17, 15) is 22.4 Å². The second-order valence-corrected chi connectivity index (χ2v) is 5.14. The Hall–Kier alpha value is -2.09. The van der Waals surface area contributed by atoms with Crippen LogP contribution in [-0.4, -0.2) is 5.91 Å². The van der Waals surface area contributed by atoms with Gasteiger partial charge in [0.1, 0.15) is 5.69 Å². The fourth-order valence-electron chi connectivity index (χ4n) is 1.68. The quantitative estimate of drug-likeness (QED) is 0.663. The van der Waals surface area contributed by atoms with E-state index in [0.717, 1.165) is 0 Å². The average molecular weight is 318 g/mol. The van der Waals surface area contributed by atoms with E-state index in [1.165, 1.54) is 18.3 Å². The second-order valence-electron chi connectivity index (χ2n) is 4.14. The zero-order valence-corrected chi connectivity index (χ0v) is 11.6. The van der Waals surface area contributed by atoms with Crippen molar-refractivity contribution in [2.24, 2.45) is 0 Å². The molecule has 1 heterocycles. The molecule has 2 N–H and O–H groups in total. The lowest BCUT2D eigenvalue weighted by Gasteiger charge is -2.10. The van der Waals surface area contributed by atoms with E-state index in [-0.39, 0.29) is 18.5 Å². The third-order valence-corrected chi connectivity index (χ3v) is 3.51. The summed E-state index contributed by atoms with van der Waals surface area (Å²) in [5.74, 6) is -6.25. The maximum Gasteiger partial charge on any atom is 0.221 e. The number of benzene rings is 1. The first-order chi connectivity index (χ1) is 9.90. The number of rotatable bonds is 4. The van der Waals surface area contributed by atoms with Crippen molar-refractivity contribution in [1.29, 1.82) is 0 Å². The van der Waals surface area contributed by atoms with Crippen LogP contribution in [0.2, 0.25) is 0 Å². The van der Waals surface area contributed by atoms with Gasteiger partial charge in [0.2, 0.25) is 5.91 Å². The van der Waals surface area contributed by atoms with Gasteiger partial charge in [-0.1, -0.05) is 0 Å². The predicted molar refractivity (Wildman–Crippen MR) is 72.2 cm³/mol. The number of thiophene rings is 1. The highest BCUT2D eigenvalue weighted by atomic mass is 32.1. The number of amides is 1. The van der Waals surface area contributed by atoms with E-state index < -0.39 is 29.0 Å². The highest BCUT2D eigenvalue weighted by Gasteiger charge is 2.19. The summed E-state index contributed by atoms with van der Waals surface area (Å²) in [6.45, 7) is 1.22. The van der Waals surface area contributed by atoms with Crippen molar-refractivity contribution >= 4 is 28.6 Å². The Labute approximate surface area is 121 Å². The van der Waals surface area contributed by atoms with Crippen LogP contribution in [-0.2, 0) is 11.3 Å². The van der Waals surface area contributed by atoms with Gasteiger partial charge in [-0.2, -0.15) is 0 Å². The van der Waals surface area contributed by atoms with Gasteiger partial charge in [-0.25, -0.2) is 17.6 Å². The summed E-state index contributed by atoms with van der Waals surface area (Å²) in [4.78, 5) is 11.6. The Balaban J connectivity index is 2.21. The van der Waals surface area contributed by atoms with Crippen LogP contribution in [0.15, 0.2) is 17.5 Å². The van der Waals surface area contributed by atoms with Gasteiger partial charge in [-0.15, -0.1) is 11.3 Å². The molecule has 0 aliphatic carbocycles. The van der Waals surface area contributed by atoms with Gasteiger partial charge in [0.15, 0.2) is 23.3 Å². The number of anilines is 2. The Morgan fingerprint density at radius 1 is 1.19 bits per heavy atom. The molecule has 0 aliphatic rings. The topological polar surface area (TPSA) is 41.1 Å². The molecule has 1 amide bonds. The minimum Gasteiger partial charge on any atom is -0.375 e. The molecule has 0 bridgehead atoms. The molecule has 0 fully saturated rings. The molecule has 2 aromatic rings. The first-order valence-corrected chi connectivity index (χ1v) is 6.69. The van der Waals surface area contributed by atoms with Gasteiger partial charge < -0.3 is 10.6 Å². The number of hydrogen-bond acceptors (Lipinski definition) is 3. The van der Waals surface area contributed by atoms with E-state index in [0.29, 0.717) is 10.6 Å². The number of carbonyl (C=O) groups is 1. The van der Waals surface area contributed by atoms with E-state index >= 15 is 0 Å². The van der Waals surface area contributed by atoms with E-state index in [4.69, 9.17) is 0 Å². The van der Waals surface area contributed by atoms with Crippen molar-refractivity contribution < 1.29 is 22.4 Å². The average Bonchev–Trinajstić information content (AvgIpc) is 2.83. The number of hydrogen-bond donors (Lipinski definition) is 2. The zero-order valence-electron chi connectivity index (χ0n) is 10.8. The Bertz CT molecular complexity index is 661. The largest absolute Gasteiger partial charge is 0.375 e. The smallest absolute Gasteiger partial charge is 0.221 e. The van der Waals surface area contributed by atoms with Crippen LogP contribution >= 0.6 is 11.3 Å². The van der Waals surface area contributed by atoms with Gasteiger partial charge in [-0.3, -0.25) is 4.79 Å². The fraction of sp³-hybridized carbons (Fsp3) is 0.154. The summed E-state index contributed by atoms with van der Waals surface area (Å²) in [6, 6.07) is 1.76. The standard InChI is InChI=1S/C13H10F4N2OS/c1-6(20)19-9-2-3-21-10(9)5-18-13-11(16)7(14)4-8(15)12(13)17/h2-4,18H,5H2,1H3,(H,19,20). The summed E-state index contributed by atoms with van der Waals surface area (Å²) >= 11 is 1.22. The minimum atomic E-state index is -1.49. The van der Waals surface area contributed by atoms with Crippen molar-refractivity contribution in [2.45, 2.75) is 13.5 Å². The monoisotopic (exact) mass is 318 g/mol. The molecule has 0 radical (unpaired) electrons. The molecule has 0 saturated carbocycles. The molecule has 0 saturated heterocycles. The molecule has 21 heavy (non-hydrogen) atoms. The summed E-state index contributed by atoms with van der Waals surface area (Å²) in [5, 5.41) is 6.51. The second kappa shape index (κ2) is 6.13. The third-order valence-electron chi connectivity index (χ3n) is 2.59. The maximum absolute atomic E-state index is 13.5. The van der Waals surface area contributed by atoms with Crippen molar-refractivity contribution in [3.05, 3.63) is 45.7 Å². The van der Waals surface area contributed by atoms with Crippen molar-refractivity contribution in [3.63, 3.8) is 0 Å². The van der Waals surface area contributed by atoms with Gasteiger partial charge in [0.05, 0.1) is 12.2 Å². The van der Waals surface area contributed by atoms with Gasteiger partial charge >= 0.3 is 0 Å². The first-order valence-electron chi connectivity index (χ1n) is 5.81. The molecular weight excluding hydrogens is 308 g/mol. The van der Waals surface area contributed by atoms with E-state index in [1.54, 1.807) is 11.4 Å². The summed E-state index contributed by atoms with van der Waals surface area (Å²) in [5.41, 5.74) is -0.410. The molecule has 1 aromatic carbocycles. The molecule has 3 nitrogen and oxygen atoms in total. The van der Waals surface area contributed by atoms with Crippen LogP contribution in [0.1, 0.15) is 11.8 Å². The Morgan fingerprint density at radius 3 is 2.38 bits per heavy atom. The summed E-state index contributed by atoms with van der Waals surface area (Å²) in [7, 11) is 0. The van der Waals surface area contributed by atoms with Gasteiger partial charge in [-0.05, 0) is 11.4 Å². The SMILES string of the molecule is CC(=O)Nc1ccsc1CNc1c(F)c(F)cc(F)c1F. The van der Waals surface area contributed by atoms with Gasteiger partial charge in [0, 0.05) is 17.9 Å². The Morgan fingerprint density at radius 2 is 1.81 bits per heavy atom. The van der Waals surface area contributed by atoms with Crippen LogP contribution in [0.4, 0.5) is 28.9 Å². The lowest BCUT2D eigenvalue weighted by Crippen LogP contribution is -2.10. The van der Waals surface area contributed by atoms with Crippen molar-refractivity contribution in [3.8, 4) is 0 Å². The fourth-order valence-corrected chi connectivity index (χ4v) is 2.45. The van der Waals surface area contributed by atoms with E-state index in [1.807, 2.05) is 0 Å². The number of halogens is 4. The van der Waals surface area contributed by atoms with Crippen LogP contribution in [0.3, 0.4) is 0 Å². The van der Waals surface area contributed by atoms with Crippen LogP contribution in [0.25, 0.3) is 0 Å². The molecule has 8 heteroatoms. The predicted octanol–water partition coefficient (Wildman–Crippen LogP) is 3.88.